The van der Waals surface area contributed by atoms with Crippen LogP contribution in [0.25, 0.3) is 0 Å². The normalized spacial score (nSPS) is 19.7. The number of hydrogen-bond acceptors (Lipinski definition) is 2. The van der Waals surface area contributed by atoms with Crippen molar-refractivity contribution in [2.75, 3.05) is 20.1 Å². The lowest BCUT2D eigenvalue weighted by Gasteiger charge is -2.22. The molecule has 1 N–H and O–H groups in total. The highest BCUT2D eigenvalue weighted by Gasteiger charge is 2.22. The van der Waals surface area contributed by atoms with Crippen molar-refractivity contribution in [3.05, 3.63) is 65.2 Å². The topological polar surface area (TPSA) is 23.5 Å². The molecule has 0 amide bonds. The first-order valence-corrected chi connectivity index (χ1v) is 6.79. The summed E-state index contributed by atoms with van der Waals surface area (Å²) >= 11 is 0. The molecular weight excluding hydrogens is 234 g/mol. The molecular formula is C17H19NO. The quantitative estimate of drug-likeness (QED) is 0.844. The Bertz CT molecular complexity index is 565. The highest BCUT2D eigenvalue weighted by Crippen LogP contribution is 2.32. The predicted molar refractivity (Wildman–Crippen MR) is 77.6 cm³/mol. The molecule has 1 atom stereocenters. The minimum atomic E-state index is 0.370. The van der Waals surface area contributed by atoms with E-state index in [1.54, 1.807) is 6.07 Å². The van der Waals surface area contributed by atoms with E-state index in [0.29, 0.717) is 11.7 Å². The van der Waals surface area contributed by atoms with Crippen LogP contribution in [0.4, 0.5) is 0 Å². The fourth-order valence-corrected chi connectivity index (χ4v) is 2.93. The molecule has 3 rings (SSSR count). The molecule has 1 aliphatic rings. The summed E-state index contributed by atoms with van der Waals surface area (Å²) in [6.07, 6.45) is 1.00. The first kappa shape index (κ1) is 12.2. The molecule has 0 spiro atoms. The van der Waals surface area contributed by atoms with Crippen LogP contribution in [0.15, 0.2) is 48.5 Å². The van der Waals surface area contributed by atoms with Crippen LogP contribution in [0.3, 0.4) is 0 Å². The second kappa shape index (κ2) is 5.06. The molecule has 98 valence electrons. The Morgan fingerprint density at radius 1 is 1.11 bits per heavy atom. The Kier molecular flexibility index (Phi) is 3.26. The first-order valence-electron chi connectivity index (χ1n) is 6.79. The largest absolute Gasteiger partial charge is 0.508 e. The summed E-state index contributed by atoms with van der Waals surface area (Å²) in [5, 5.41) is 9.69. The van der Waals surface area contributed by atoms with Gasteiger partial charge in [-0.3, -0.25) is 0 Å². The van der Waals surface area contributed by atoms with E-state index in [9.17, 15) is 5.11 Å². The molecule has 2 aromatic rings. The zero-order valence-electron chi connectivity index (χ0n) is 11.2. The van der Waals surface area contributed by atoms with E-state index in [4.69, 9.17) is 0 Å². The summed E-state index contributed by atoms with van der Waals surface area (Å²) in [5.41, 5.74) is 3.98. The molecule has 2 heteroatoms. The standard InChI is InChI=1S/C17H19NO/c1-18-10-9-14-11-15(19)7-8-16(14)17(12-18)13-5-3-2-4-6-13/h2-8,11,17,19H,9-10,12H2,1H3/t17-/m1/s1. The van der Waals surface area contributed by atoms with E-state index in [-0.39, 0.29) is 0 Å². The van der Waals surface area contributed by atoms with E-state index in [0.717, 1.165) is 19.5 Å². The van der Waals surface area contributed by atoms with Crippen molar-refractivity contribution in [1.29, 1.82) is 0 Å². The molecule has 19 heavy (non-hydrogen) atoms. The van der Waals surface area contributed by atoms with Crippen LogP contribution in [0.5, 0.6) is 5.75 Å². The van der Waals surface area contributed by atoms with Crippen molar-refractivity contribution in [1.82, 2.24) is 4.90 Å². The number of phenols is 1. The summed E-state index contributed by atoms with van der Waals surface area (Å²) in [5.74, 6) is 0.763. The van der Waals surface area contributed by atoms with Crippen molar-refractivity contribution in [3.8, 4) is 5.75 Å². The lowest BCUT2D eigenvalue weighted by atomic mass is 9.88. The number of nitrogens with zero attached hydrogens (tertiary/aromatic N) is 1. The molecule has 0 saturated heterocycles. The third-order valence-corrected chi connectivity index (χ3v) is 3.96. The second-order valence-corrected chi connectivity index (χ2v) is 5.36. The molecule has 2 nitrogen and oxygen atoms in total. The van der Waals surface area contributed by atoms with Crippen LogP contribution in [0.2, 0.25) is 0 Å². The van der Waals surface area contributed by atoms with Gasteiger partial charge in [-0.2, -0.15) is 0 Å². The summed E-state index contributed by atoms with van der Waals surface area (Å²) in [6.45, 7) is 2.07. The number of likely N-dealkylation sites (N-methyl/N-ethyl adjacent to an activating group) is 1. The van der Waals surface area contributed by atoms with Gasteiger partial charge in [0.15, 0.2) is 0 Å². The summed E-state index contributed by atoms with van der Waals surface area (Å²) in [6, 6.07) is 16.5. The molecule has 0 saturated carbocycles. The van der Waals surface area contributed by atoms with E-state index in [1.165, 1.54) is 16.7 Å². The van der Waals surface area contributed by atoms with E-state index >= 15 is 0 Å². The van der Waals surface area contributed by atoms with Crippen LogP contribution in [-0.2, 0) is 6.42 Å². The molecule has 0 bridgehead atoms. The van der Waals surface area contributed by atoms with Gasteiger partial charge in [0.05, 0.1) is 0 Å². The third kappa shape index (κ3) is 2.49. The Balaban J connectivity index is 2.08. The Labute approximate surface area is 114 Å². The second-order valence-electron chi connectivity index (χ2n) is 5.36. The smallest absolute Gasteiger partial charge is 0.115 e. The van der Waals surface area contributed by atoms with Gasteiger partial charge in [-0.05, 0) is 42.3 Å². The lowest BCUT2D eigenvalue weighted by molar-refractivity contribution is 0.338. The monoisotopic (exact) mass is 253 g/mol. The maximum atomic E-state index is 9.69. The Morgan fingerprint density at radius 2 is 1.89 bits per heavy atom. The van der Waals surface area contributed by atoms with Crippen LogP contribution < -0.4 is 0 Å². The van der Waals surface area contributed by atoms with Crippen molar-refractivity contribution in [3.63, 3.8) is 0 Å². The molecule has 1 aliphatic heterocycles. The molecule has 0 radical (unpaired) electrons. The van der Waals surface area contributed by atoms with Crippen molar-refractivity contribution in [2.45, 2.75) is 12.3 Å². The van der Waals surface area contributed by atoms with Crippen molar-refractivity contribution in [2.24, 2.45) is 0 Å². The number of benzene rings is 2. The number of rotatable bonds is 1. The van der Waals surface area contributed by atoms with Crippen LogP contribution in [0, 0.1) is 0 Å². The van der Waals surface area contributed by atoms with E-state index in [2.05, 4.69) is 48.3 Å². The molecule has 0 unspecified atom stereocenters. The van der Waals surface area contributed by atoms with Gasteiger partial charge in [0.2, 0.25) is 0 Å². The van der Waals surface area contributed by atoms with E-state index in [1.807, 2.05) is 6.07 Å². The number of aromatic hydroxyl groups is 1. The fraction of sp³-hybridized carbons (Fsp3) is 0.294. The summed E-state index contributed by atoms with van der Waals surface area (Å²) in [7, 11) is 2.17. The first-order chi connectivity index (χ1) is 9.24. The van der Waals surface area contributed by atoms with Gasteiger partial charge >= 0.3 is 0 Å². The van der Waals surface area contributed by atoms with E-state index < -0.39 is 0 Å². The average molecular weight is 253 g/mol. The van der Waals surface area contributed by atoms with Gasteiger partial charge in [0, 0.05) is 19.0 Å². The maximum Gasteiger partial charge on any atom is 0.115 e. The zero-order chi connectivity index (χ0) is 13.2. The summed E-state index contributed by atoms with van der Waals surface area (Å²) in [4.78, 5) is 2.37. The fourth-order valence-electron chi connectivity index (χ4n) is 2.93. The third-order valence-electron chi connectivity index (χ3n) is 3.96. The number of hydrogen-bond donors (Lipinski definition) is 1. The molecule has 0 aliphatic carbocycles. The zero-order valence-corrected chi connectivity index (χ0v) is 11.2. The van der Waals surface area contributed by atoms with Crippen molar-refractivity contribution >= 4 is 0 Å². The van der Waals surface area contributed by atoms with Gasteiger partial charge in [0.25, 0.3) is 0 Å². The highest BCUT2D eigenvalue weighted by atomic mass is 16.3. The van der Waals surface area contributed by atoms with Crippen LogP contribution >= 0.6 is 0 Å². The maximum absolute atomic E-state index is 9.69. The van der Waals surface area contributed by atoms with Gasteiger partial charge in [-0.25, -0.2) is 0 Å². The lowest BCUT2D eigenvalue weighted by Crippen LogP contribution is -2.24. The minimum Gasteiger partial charge on any atom is -0.508 e. The van der Waals surface area contributed by atoms with Gasteiger partial charge in [-0.15, -0.1) is 0 Å². The Hall–Kier alpha value is -1.80. The predicted octanol–water partition coefficient (Wildman–Crippen LogP) is 3.01. The van der Waals surface area contributed by atoms with Gasteiger partial charge < -0.3 is 10.0 Å². The molecule has 2 aromatic carbocycles. The van der Waals surface area contributed by atoms with Crippen LogP contribution in [-0.4, -0.2) is 30.1 Å². The Morgan fingerprint density at radius 3 is 2.68 bits per heavy atom. The van der Waals surface area contributed by atoms with Crippen LogP contribution in [0.1, 0.15) is 22.6 Å². The molecule has 0 aromatic heterocycles. The summed E-state index contributed by atoms with van der Waals surface area (Å²) < 4.78 is 0. The molecule has 0 fully saturated rings. The SMILES string of the molecule is CN1CCc2cc(O)ccc2[C@@H](c2ccccc2)C1. The number of fused-ring (bicyclic) bond motifs is 1. The number of phenolic OH excluding ortho intramolecular Hbond substituents is 1. The van der Waals surface area contributed by atoms with Crippen molar-refractivity contribution < 1.29 is 5.11 Å². The average Bonchev–Trinajstić information content (AvgIpc) is 2.59. The minimum absolute atomic E-state index is 0.370. The van der Waals surface area contributed by atoms with Gasteiger partial charge in [0.1, 0.15) is 5.75 Å². The van der Waals surface area contributed by atoms with Gasteiger partial charge in [-0.1, -0.05) is 36.4 Å². The highest BCUT2D eigenvalue weighted by molar-refractivity contribution is 5.43. The molecule has 1 heterocycles.